The van der Waals surface area contributed by atoms with E-state index in [1.165, 1.54) is 57.8 Å². The average Bonchev–Trinajstić information content (AvgIpc) is 3.27. The molecule has 5 nitrogen and oxygen atoms in total. The van der Waals surface area contributed by atoms with Gasteiger partial charge in [0.25, 0.3) is 0 Å². The summed E-state index contributed by atoms with van der Waals surface area (Å²) < 4.78 is 16.4. The molecular formula is C35H59NO4. The van der Waals surface area contributed by atoms with E-state index in [0.29, 0.717) is 18.6 Å². The van der Waals surface area contributed by atoms with Gasteiger partial charge in [-0.15, -0.1) is 0 Å². The molecule has 0 radical (unpaired) electrons. The fraction of sp³-hybridized carbons (Fsp3) is 0.857. The number of hydrogen-bond acceptors (Lipinski definition) is 5. The first-order valence-corrected chi connectivity index (χ1v) is 16.5. The maximum absolute atomic E-state index is 12.7. The molecule has 0 bridgehead atoms. The van der Waals surface area contributed by atoms with Crippen LogP contribution in [0.3, 0.4) is 0 Å². The summed E-state index contributed by atoms with van der Waals surface area (Å²) in [6, 6.07) is 0. The number of rotatable bonds is 14. The quantitative estimate of drug-likeness (QED) is 0.0944. The summed E-state index contributed by atoms with van der Waals surface area (Å²) in [5.41, 5.74) is 2.42. The van der Waals surface area contributed by atoms with Gasteiger partial charge >= 0.3 is 5.97 Å². The van der Waals surface area contributed by atoms with E-state index in [1.54, 1.807) is 25.9 Å². The van der Waals surface area contributed by atoms with Crippen LogP contribution in [0.5, 0.6) is 0 Å². The van der Waals surface area contributed by atoms with Crippen LogP contribution in [0.15, 0.2) is 23.9 Å². The van der Waals surface area contributed by atoms with Crippen LogP contribution < -0.4 is 0 Å². The van der Waals surface area contributed by atoms with Crippen molar-refractivity contribution in [3.8, 4) is 0 Å². The molecule has 0 aromatic heterocycles. The van der Waals surface area contributed by atoms with E-state index in [0.717, 1.165) is 61.9 Å². The molecule has 0 aliphatic heterocycles. The molecule has 4 aliphatic carbocycles. The zero-order valence-corrected chi connectivity index (χ0v) is 26.6. The molecule has 4 aliphatic rings. The Morgan fingerprint density at radius 3 is 2.48 bits per heavy atom. The van der Waals surface area contributed by atoms with Crippen LogP contribution in [0.2, 0.25) is 0 Å². The molecule has 7 atom stereocenters. The van der Waals surface area contributed by atoms with Gasteiger partial charge in [-0.2, -0.15) is 0 Å². The minimum Gasteiger partial charge on any atom is -0.459 e. The summed E-state index contributed by atoms with van der Waals surface area (Å²) in [5, 5.41) is 0. The molecule has 0 spiro atoms. The Bertz CT molecular complexity index is 875. The van der Waals surface area contributed by atoms with Gasteiger partial charge in [-0.25, -0.2) is 4.79 Å². The summed E-state index contributed by atoms with van der Waals surface area (Å²) in [7, 11) is 3.38. The summed E-state index contributed by atoms with van der Waals surface area (Å²) in [5.74, 6) is 4.09. The molecule has 0 aromatic carbocycles. The molecule has 3 fully saturated rings. The summed E-state index contributed by atoms with van der Waals surface area (Å²) in [6.07, 6.45) is 21.7. The highest BCUT2D eigenvalue weighted by Gasteiger charge is 2.58. The van der Waals surface area contributed by atoms with Crippen molar-refractivity contribution in [1.29, 1.82) is 0 Å². The van der Waals surface area contributed by atoms with Crippen LogP contribution in [0.1, 0.15) is 105 Å². The van der Waals surface area contributed by atoms with Gasteiger partial charge in [0.2, 0.25) is 0 Å². The monoisotopic (exact) mass is 557 g/mol. The maximum Gasteiger partial charge on any atom is 0.332 e. The number of hydrogen-bond donors (Lipinski definition) is 0. The highest BCUT2D eigenvalue weighted by molar-refractivity contribution is 5.82. The highest BCUT2D eigenvalue weighted by atomic mass is 16.5. The predicted molar refractivity (Wildman–Crippen MR) is 163 cm³/mol. The number of carbonyl (C=O) groups excluding carboxylic acids is 1. The Kier molecular flexibility index (Phi) is 11.2. The third kappa shape index (κ3) is 7.17. The zero-order chi connectivity index (χ0) is 28.8. The first-order valence-electron chi connectivity index (χ1n) is 16.5. The van der Waals surface area contributed by atoms with E-state index < -0.39 is 0 Å². The number of ether oxygens (including phenoxy) is 3. The SMILES string of the molecule is COCCN(/C=C/C(=O)OC1CCC2(C)C(=CCC3C2CCC2(C)C(CCCCC(C)C)CCC32)C1)CCOC. The van der Waals surface area contributed by atoms with Crippen molar-refractivity contribution in [3.05, 3.63) is 23.9 Å². The molecule has 7 unspecified atom stereocenters. The first kappa shape index (κ1) is 31.6. The molecule has 4 rings (SSSR count). The minimum absolute atomic E-state index is 0.00465. The van der Waals surface area contributed by atoms with E-state index in [2.05, 4.69) is 33.8 Å². The third-order valence-electron chi connectivity index (χ3n) is 11.7. The summed E-state index contributed by atoms with van der Waals surface area (Å²) in [4.78, 5) is 14.8. The van der Waals surface area contributed by atoms with E-state index >= 15 is 0 Å². The smallest absolute Gasteiger partial charge is 0.332 e. The lowest BCUT2D eigenvalue weighted by atomic mass is 9.47. The fourth-order valence-electron chi connectivity index (χ4n) is 9.30. The van der Waals surface area contributed by atoms with Crippen LogP contribution in [-0.2, 0) is 19.0 Å². The average molecular weight is 558 g/mol. The molecule has 0 amide bonds. The highest BCUT2D eigenvalue weighted by Crippen LogP contribution is 2.66. The fourth-order valence-corrected chi connectivity index (χ4v) is 9.30. The standard InChI is InChI=1S/C35H59NO4/c1-26(2)9-7-8-10-27-12-14-31-30-13-11-28-25-29(15-18-35(28,4)32(30)16-19-34(27,31)3)40-33(37)17-20-36(21-23-38-5)22-24-39-6/h11,17,20,26-27,29-32H,7-10,12-16,18-19,21-25H2,1-6H3/b20-17+. The van der Waals surface area contributed by atoms with Gasteiger partial charge in [-0.05, 0) is 91.8 Å². The lowest BCUT2D eigenvalue weighted by Crippen LogP contribution is -2.50. The number of esters is 1. The second-order valence-electron chi connectivity index (χ2n) is 14.4. The van der Waals surface area contributed by atoms with Gasteiger partial charge in [0.15, 0.2) is 0 Å². The number of methoxy groups -OCH3 is 2. The van der Waals surface area contributed by atoms with Crippen LogP contribution >= 0.6 is 0 Å². The molecule has 3 saturated carbocycles. The molecular weight excluding hydrogens is 498 g/mol. The Balaban J connectivity index is 1.33. The van der Waals surface area contributed by atoms with Crippen molar-refractivity contribution in [2.75, 3.05) is 40.5 Å². The third-order valence-corrected chi connectivity index (χ3v) is 11.7. The number of fused-ring (bicyclic) bond motifs is 5. The summed E-state index contributed by atoms with van der Waals surface area (Å²) >= 11 is 0. The van der Waals surface area contributed by atoms with Gasteiger partial charge in [-0.3, -0.25) is 0 Å². The number of nitrogens with zero attached hydrogens (tertiary/aromatic N) is 1. The molecule has 228 valence electrons. The Labute approximate surface area is 245 Å². The van der Waals surface area contributed by atoms with Gasteiger partial charge in [0.05, 0.1) is 13.2 Å². The molecule has 0 saturated heterocycles. The predicted octanol–water partition coefficient (Wildman–Crippen LogP) is 7.80. The second-order valence-corrected chi connectivity index (χ2v) is 14.4. The van der Waals surface area contributed by atoms with Gasteiger partial charge in [0.1, 0.15) is 6.10 Å². The van der Waals surface area contributed by atoms with E-state index in [1.807, 2.05) is 11.1 Å². The summed E-state index contributed by atoms with van der Waals surface area (Å²) in [6.45, 7) is 12.6. The number of unbranched alkanes of at least 4 members (excludes halogenated alkanes) is 1. The van der Waals surface area contributed by atoms with Crippen LogP contribution in [0.25, 0.3) is 0 Å². The van der Waals surface area contributed by atoms with Crippen molar-refractivity contribution in [2.45, 2.75) is 111 Å². The van der Waals surface area contributed by atoms with Gasteiger partial charge in [-0.1, -0.05) is 58.6 Å². The zero-order valence-electron chi connectivity index (χ0n) is 26.6. The van der Waals surface area contributed by atoms with Crippen LogP contribution in [-0.4, -0.2) is 57.5 Å². The lowest BCUT2D eigenvalue weighted by Gasteiger charge is -2.58. The van der Waals surface area contributed by atoms with Crippen LogP contribution in [0.4, 0.5) is 0 Å². The van der Waals surface area contributed by atoms with E-state index in [9.17, 15) is 4.79 Å². The number of allylic oxidation sites excluding steroid dienone is 1. The Morgan fingerprint density at radius 1 is 1.02 bits per heavy atom. The van der Waals surface area contributed by atoms with Crippen molar-refractivity contribution in [3.63, 3.8) is 0 Å². The largest absolute Gasteiger partial charge is 0.459 e. The van der Waals surface area contributed by atoms with Gasteiger partial charge < -0.3 is 19.1 Å². The molecule has 0 N–H and O–H groups in total. The van der Waals surface area contributed by atoms with Crippen molar-refractivity contribution >= 4 is 5.97 Å². The first-order chi connectivity index (χ1) is 19.2. The maximum atomic E-state index is 12.7. The van der Waals surface area contributed by atoms with Gasteiger partial charge in [0, 0.05) is 46.0 Å². The Hall–Kier alpha value is -1.33. The molecule has 0 aromatic rings. The molecule has 0 heterocycles. The van der Waals surface area contributed by atoms with E-state index in [4.69, 9.17) is 14.2 Å². The van der Waals surface area contributed by atoms with E-state index in [-0.39, 0.29) is 17.5 Å². The van der Waals surface area contributed by atoms with Crippen LogP contribution in [0, 0.1) is 40.4 Å². The molecule has 40 heavy (non-hydrogen) atoms. The molecule has 5 heteroatoms. The minimum atomic E-state index is -0.235. The van der Waals surface area contributed by atoms with Crippen molar-refractivity contribution in [1.82, 2.24) is 4.90 Å². The number of carbonyl (C=O) groups is 1. The normalized spacial score (nSPS) is 35.3. The Morgan fingerprint density at radius 2 is 1.77 bits per heavy atom. The van der Waals surface area contributed by atoms with Crippen molar-refractivity contribution < 1.29 is 19.0 Å². The van der Waals surface area contributed by atoms with Crippen molar-refractivity contribution in [2.24, 2.45) is 40.4 Å². The lowest BCUT2D eigenvalue weighted by molar-refractivity contribution is -0.145. The topological polar surface area (TPSA) is 48.0 Å². The second kappa shape index (κ2) is 14.2.